The standard InChI is InChI=1S/C19H20N4O2S2/c1-13(2)14-6-3-4-7-15(14)23-10-9-20-19(23)27-12-17(24)21-22-18(25)16-8-5-11-26-16/h3-11,13H,12H2,1-2H3,(H,21,24)(H,22,25). The minimum Gasteiger partial charge on any atom is -0.295 e. The van der Waals surface area contributed by atoms with Gasteiger partial charge in [0.15, 0.2) is 5.16 Å². The molecule has 0 bridgehead atoms. The van der Waals surface area contributed by atoms with E-state index in [0.29, 0.717) is 10.8 Å². The van der Waals surface area contributed by atoms with Gasteiger partial charge in [-0.05, 0) is 29.0 Å². The first-order chi connectivity index (χ1) is 13.1. The molecule has 8 heteroatoms. The van der Waals surface area contributed by atoms with Crippen molar-refractivity contribution in [2.24, 2.45) is 0 Å². The Balaban J connectivity index is 1.61. The number of benzene rings is 1. The first-order valence-corrected chi connectivity index (χ1v) is 10.3. The van der Waals surface area contributed by atoms with Crippen molar-refractivity contribution in [3.63, 3.8) is 0 Å². The number of nitrogens with one attached hydrogen (secondary N) is 2. The number of imidazole rings is 1. The Bertz CT molecular complexity index is 919. The number of thioether (sulfide) groups is 1. The highest BCUT2D eigenvalue weighted by Crippen LogP contribution is 2.27. The maximum absolute atomic E-state index is 12.1. The number of carbonyl (C=O) groups excluding carboxylic acids is 2. The topological polar surface area (TPSA) is 76.0 Å². The number of nitrogens with zero attached hydrogens (tertiary/aromatic N) is 2. The fourth-order valence-corrected chi connectivity index (χ4v) is 3.92. The fourth-order valence-electron chi connectivity index (χ4n) is 2.54. The minimum absolute atomic E-state index is 0.144. The van der Waals surface area contributed by atoms with Gasteiger partial charge in [-0.2, -0.15) is 0 Å². The maximum Gasteiger partial charge on any atom is 0.279 e. The third-order valence-corrected chi connectivity index (χ3v) is 5.65. The fraction of sp³-hybridized carbons (Fsp3) is 0.211. The van der Waals surface area contributed by atoms with E-state index in [4.69, 9.17) is 0 Å². The Morgan fingerprint density at radius 1 is 1.19 bits per heavy atom. The van der Waals surface area contributed by atoms with Crippen LogP contribution in [0.2, 0.25) is 0 Å². The molecule has 0 radical (unpaired) electrons. The van der Waals surface area contributed by atoms with E-state index < -0.39 is 0 Å². The molecule has 0 aliphatic rings. The van der Waals surface area contributed by atoms with Gasteiger partial charge >= 0.3 is 0 Å². The number of hydrazine groups is 1. The van der Waals surface area contributed by atoms with Crippen molar-refractivity contribution in [2.45, 2.75) is 24.9 Å². The lowest BCUT2D eigenvalue weighted by Gasteiger charge is -2.15. The summed E-state index contributed by atoms with van der Waals surface area (Å²) in [6, 6.07) is 11.6. The van der Waals surface area contributed by atoms with E-state index in [9.17, 15) is 9.59 Å². The van der Waals surface area contributed by atoms with Crippen LogP contribution in [-0.2, 0) is 4.79 Å². The molecule has 0 atom stereocenters. The summed E-state index contributed by atoms with van der Waals surface area (Å²) in [5, 5.41) is 2.53. The van der Waals surface area contributed by atoms with Crippen LogP contribution in [-0.4, -0.2) is 27.1 Å². The second-order valence-corrected chi connectivity index (χ2v) is 7.95. The molecule has 0 saturated carbocycles. The zero-order valence-corrected chi connectivity index (χ0v) is 16.6. The number of hydrogen-bond acceptors (Lipinski definition) is 5. The van der Waals surface area contributed by atoms with Gasteiger partial charge in [-0.3, -0.25) is 25.0 Å². The summed E-state index contributed by atoms with van der Waals surface area (Å²) in [5.41, 5.74) is 7.12. The predicted molar refractivity (Wildman–Crippen MR) is 108 cm³/mol. The molecule has 1 aromatic carbocycles. The van der Waals surface area contributed by atoms with Gasteiger partial charge in [-0.25, -0.2) is 4.98 Å². The molecule has 3 rings (SSSR count). The van der Waals surface area contributed by atoms with Gasteiger partial charge < -0.3 is 0 Å². The number of thiophene rings is 1. The van der Waals surface area contributed by atoms with Gasteiger partial charge in [0, 0.05) is 12.4 Å². The normalized spacial score (nSPS) is 10.8. The molecule has 2 N–H and O–H groups in total. The summed E-state index contributed by atoms with van der Waals surface area (Å²) in [6.07, 6.45) is 3.61. The first-order valence-electron chi connectivity index (χ1n) is 8.44. The molecule has 27 heavy (non-hydrogen) atoms. The van der Waals surface area contributed by atoms with Crippen molar-refractivity contribution >= 4 is 34.9 Å². The molecule has 2 heterocycles. The van der Waals surface area contributed by atoms with Crippen LogP contribution < -0.4 is 10.9 Å². The summed E-state index contributed by atoms with van der Waals surface area (Å²) in [4.78, 5) is 28.8. The monoisotopic (exact) mass is 400 g/mol. The van der Waals surface area contributed by atoms with Gasteiger partial charge in [-0.1, -0.05) is 49.9 Å². The maximum atomic E-state index is 12.1. The third kappa shape index (κ3) is 4.78. The van der Waals surface area contributed by atoms with Gasteiger partial charge in [0.05, 0.1) is 16.3 Å². The van der Waals surface area contributed by atoms with Gasteiger partial charge in [0.2, 0.25) is 5.91 Å². The van der Waals surface area contributed by atoms with Crippen LogP contribution in [0.25, 0.3) is 5.69 Å². The number of amides is 2. The van der Waals surface area contributed by atoms with Crippen LogP contribution in [0.4, 0.5) is 0 Å². The molecule has 0 unspecified atom stereocenters. The smallest absolute Gasteiger partial charge is 0.279 e. The van der Waals surface area contributed by atoms with Crippen molar-refractivity contribution in [1.29, 1.82) is 0 Å². The zero-order valence-electron chi connectivity index (χ0n) is 15.0. The number of carbonyl (C=O) groups is 2. The van der Waals surface area contributed by atoms with E-state index in [1.807, 2.05) is 29.0 Å². The van der Waals surface area contributed by atoms with Crippen LogP contribution in [0.5, 0.6) is 0 Å². The van der Waals surface area contributed by atoms with E-state index in [2.05, 4.69) is 35.7 Å². The van der Waals surface area contributed by atoms with Crippen LogP contribution >= 0.6 is 23.1 Å². The van der Waals surface area contributed by atoms with Crippen molar-refractivity contribution < 1.29 is 9.59 Å². The van der Waals surface area contributed by atoms with Gasteiger partial charge in [0.25, 0.3) is 5.91 Å². The second kappa shape index (κ2) is 8.88. The largest absolute Gasteiger partial charge is 0.295 e. The highest BCUT2D eigenvalue weighted by Gasteiger charge is 2.14. The van der Waals surface area contributed by atoms with Crippen LogP contribution in [0, 0.1) is 0 Å². The Kier molecular flexibility index (Phi) is 6.31. The number of rotatable bonds is 6. The van der Waals surface area contributed by atoms with Crippen LogP contribution in [0.3, 0.4) is 0 Å². The number of aromatic nitrogens is 2. The predicted octanol–water partition coefficient (Wildman–Crippen LogP) is 3.61. The summed E-state index contributed by atoms with van der Waals surface area (Å²) in [7, 11) is 0. The average Bonchev–Trinajstić information content (AvgIpc) is 3.36. The Labute approximate surface area is 166 Å². The van der Waals surface area contributed by atoms with Gasteiger partial charge in [-0.15, -0.1) is 11.3 Å². The zero-order chi connectivity index (χ0) is 19.2. The van der Waals surface area contributed by atoms with Crippen molar-refractivity contribution in [3.8, 4) is 5.69 Å². The molecule has 140 valence electrons. The third-order valence-electron chi connectivity index (χ3n) is 3.82. The van der Waals surface area contributed by atoms with Gasteiger partial charge in [0.1, 0.15) is 0 Å². The Morgan fingerprint density at radius 2 is 2.00 bits per heavy atom. The quantitative estimate of drug-likeness (QED) is 0.490. The Morgan fingerprint density at radius 3 is 2.74 bits per heavy atom. The molecule has 2 aromatic heterocycles. The molecule has 0 fully saturated rings. The molecular formula is C19H20N4O2S2. The van der Waals surface area contributed by atoms with Crippen molar-refractivity contribution in [1.82, 2.24) is 20.4 Å². The van der Waals surface area contributed by atoms with E-state index in [1.165, 1.54) is 28.7 Å². The summed E-state index contributed by atoms with van der Waals surface area (Å²) < 4.78 is 1.98. The lowest BCUT2D eigenvalue weighted by atomic mass is 10.0. The van der Waals surface area contributed by atoms with Crippen LogP contribution in [0.15, 0.2) is 59.3 Å². The van der Waals surface area contributed by atoms with Crippen molar-refractivity contribution in [2.75, 3.05) is 5.75 Å². The van der Waals surface area contributed by atoms with E-state index >= 15 is 0 Å². The molecule has 6 nitrogen and oxygen atoms in total. The molecule has 0 saturated heterocycles. The molecule has 0 spiro atoms. The molecule has 0 aliphatic heterocycles. The second-order valence-electron chi connectivity index (χ2n) is 6.06. The highest BCUT2D eigenvalue weighted by molar-refractivity contribution is 7.99. The minimum atomic E-state index is -0.323. The molecule has 3 aromatic rings. The number of hydrogen-bond donors (Lipinski definition) is 2. The van der Waals surface area contributed by atoms with Crippen LogP contribution in [0.1, 0.15) is 35.0 Å². The lowest BCUT2D eigenvalue weighted by molar-refractivity contribution is -0.119. The summed E-state index contributed by atoms with van der Waals surface area (Å²) >= 11 is 2.63. The summed E-state index contributed by atoms with van der Waals surface area (Å²) in [6.45, 7) is 4.29. The molecular weight excluding hydrogens is 380 g/mol. The molecule has 0 aliphatic carbocycles. The van der Waals surface area contributed by atoms with E-state index in [0.717, 1.165) is 10.8 Å². The summed E-state index contributed by atoms with van der Waals surface area (Å²) in [5.74, 6) is -0.101. The highest BCUT2D eigenvalue weighted by atomic mass is 32.2. The molecule has 2 amide bonds. The van der Waals surface area contributed by atoms with Crippen molar-refractivity contribution in [3.05, 3.63) is 64.6 Å². The van der Waals surface area contributed by atoms with E-state index in [-0.39, 0.29) is 17.6 Å². The number of para-hydroxylation sites is 1. The Hall–Kier alpha value is -2.58. The lowest BCUT2D eigenvalue weighted by Crippen LogP contribution is -2.42. The van der Waals surface area contributed by atoms with E-state index in [1.54, 1.807) is 23.7 Å². The first kappa shape index (κ1) is 19.2. The SMILES string of the molecule is CC(C)c1ccccc1-n1ccnc1SCC(=O)NNC(=O)c1cccs1. The average molecular weight is 401 g/mol.